The van der Waals surface area contributed by atoms with Crippen LogP contribution in [0.15, 0.2) is 96.1 Å². The molecule has 0 radical (unpaired) electrons. The van der Waals surface area contributed by atoms with Gasteiger partial charge in [-0.3, -0.25) is 0 Å². The second kappa shape index (κ2) is 15.7. The monoisotopic (exact) mass is 790 g/mol. The van der Waals surface area contributed by atoms with Gasteiger partial charge in [-0.15, -0.1) is 0 Å². The van der Waals surface area contributed by atoms with Gasteiger partial charge in [0.25, 0.3) is 0 Å². The van der Waals surface area contributed by atoms with Crippen molar-refractivity contribution in [1.82, 2.24) is 0 Å². The number of hydrogen-bond acceptors (Lipinski definition) is 0. The Balaban J connectivity index is 0.00000203. The van der Waals surface area contributed by atoms with Crippen molar-refractivity contribution in [2.24, 2.45) is 11.8 Å². The first-order valence-corrected chi connectivity index (χ1v) is 26.4. The van der Waals surface area contributed by atoms with E-state index in [2.05, 4.69) is 111 Å². The third-order valence-corrected chi connectivity index (χ3v) is 26.6. The zero-order valence-electron chi connectivity index (χ0n) is 30.7. The Hall–Kier alpha value is -2.18. The summed E-state index contributed by atoms with van der Waals surface area (Å²) in [4.78, 5) is 0. The number of hydrogen-bond donors (Lipinski definition) is 0. The van der Waals surface area contributed by atoms with Crippen molar-refractivity contribution in [3.63, 3.8) is 0 Å². The number of allylic oxidation sites excluding steroid dienone is 2. The van der Waals surface area contributed by atoms with E-state index in [9.17, 15) is 0 Å². The third-order valence-electron chi connectivity index (χ3n) is 13.7. The molecule has 0 aromatic heterocycles. The van der Waals surface area contributed by atoms with Gasteiger partial charge in [0.1, 0.15) is 0 Å². The maximum Gasteiger partial charge on any atom is -1.00 e. The predicted octanol–water partition coefficient (Wildman–Crippen LogP) is 7.89. The number of halogens is 2. The molecule has 264 valence electrons. The van der Waals surface area contributed by atoms with Gasteiger partial charge < -0.3 is 24.8 Å². The fourth-order valence-corrected chi connectivity index (χ4v) is 28.6. The summed E-state index contributed by atoms with van der Waals surface area (Å²) in [6.07, 6.45) is 21.9. The summed E-state index contributed by atoms with van der Waals surface area (Å²) in [5.41, 5.74) is 19.1. The average Bonchev–Trinajstić information content (AvgIpc) is 3.69. The molecule has 2 unspecified atom stereocenters. The summed E-state index contributed by atoms with van der Waals surface area (Å²) in [6.45, 7) is 4.53. The largest absolute Gasteiger partial charge is 1.00 e. The van der Waals surface area contributed by atoms with Gasteiger partial charge in [-0.05, 0) is 0 Å². The summed E-state index contributed by atoms with van der Waals surface area (Å²) in [7, 11) is 0. The van der Waals surface area contributed by atoms with E-state index in [0.717, 1.165) is 31.9 Å². The first kappa shape index (κ1) is 37.2. The SMILES string of the molecule is CCc1ccc(-c2cccc3c2C=C(C2CCCCC2)[CH]3[Zr+2]2([CH]3C(C4CCCCC4)=Cc4c(-c5ccc(CC)cc5)cccc43)[CH2][CH2]2)cc1.[Cl-].[Cl-]. The molecule has 0 bridgehead atoms. The molecule has 1 saturated heterocycles. The summed E-state index contributed by atoms with van der Waals surface area (Å²) >= 11 is -2.86. The van der Waals surface area contributed by atoms with Crippen molar-refractivity contribution in [1.29, 1.82) is 0 Å². The molecule has 4 aromatic rings. The molecule has 9 rings (SSSR count). The van der Waals surface area contributed by atoms with E-state index < -0.39 is 20.3 Å². The van der Waals surface area contributed by atoms with Crippen LogP contribution in [0, 0.1) is 11.8 Å². The van der Waals surface area contributed by atoms with Crippen LogP contribution in [0.1, 0.15) is 119 Å². The van der Waals surface area contributed by atoms with Gasteiger partial charge >= 0.3 is 302 Å². The van der Waals surface area contributed by atoms with Crippen LogP contribution < -0.4 is 24.8 Å². The Morgan fingerprint density at radius 1 is 0.490 bits per heavy atom. The maximum atomic E-state index is 2.79. The van der Waals surface area contributed by atoms with Gasteiger partial charge in [0.05, 0.1) is 0 Å². The Morgan fingerprint density at radius 3 is 1.24 bits per heavy atom. The van der Waals surface area contributed by atoms with E-state index in [1.165, 1.54) is 97.6 Å². The molecular weight excluding hydrogens is 739 g/mol. The number of aryl methyl sites for hydroxylation is 2. The number of fused-ring (bicyclic) bond motifs is 2. The van der Waals surface area contributed by atoms with Crippen molar-refractivity contribution in [2.75, 3.05) is 0 Å². The van der Waals surface area contributed by atoms with Gasteiger partial charge in [-0.2, -0.15) is 0 Å². The minimum atomic E-state index is -2.86. The molecule has 3 fully saturated rings. The van der Waals surface area contributed by atoms with Crippen molar-refractivity contribution in [2.45, 2.75) is 106 Å². The Labute approximate surface area is 324 Å². The molecule has 4 aliphatic carbocycles. The molecule has 0 spiro atoms. The summed E-state index contributed by atoms with van der Waals surface area (Å²) in [6, 6.07) is 33.9. The van der Waals surface area contributed by atoms with E-state index in [1.54, 1.807) is 30.5 Å². The van der Waals surface area contributed by atoms with Crippen LogP contribution >= 0.6 is 0 Å². The van der Waals surface area contributed by atoms with Gasteiger partial charge in [-0.25, -0.2) is 0 Å². The normalized spacial score (nSPS) is 21.6. The van der Waals surface area contributed by atoms with E-state index in [0.29, 0.717) is 0 Å². The molecule has 2 atom stereocenters. The second-order valence-corrected chi connectivity index (χ2v) is 27.6. The molecule has 0 N–H and O–H groups in total. The predicted molar refractivity (Wildman–Crippen MR) is 207 cm³/mol. The Morgan fingerprint density at radius 2 is 0.882 bits per heavy atom. The van der Waals surface area contributed by atoms with E-state index in [4.69, 9.17) is 0 Å². The number of rotatable bonds is 8. The van der Waals surface area contributed by atoms with Crippen LogP contribution in [-0.2, 0) is 33.1 Å². The molecule has 3 heteroatoms. The van der Waals surface area contributed by atoms with Crippen molar-refractivity contribution in [3.05, 3.63) is 129 Å². The van der Waals surface area contributed by atoms with Gasteiger partial charge in [0, 0.05) is 0 Å². The third kappa shape index (κ3) is 6.66. The molecule has 2 saturated carbocycles. The quantitative estimate of drug-likeness (QED) is 0.170. The van der Waals surface area contributed by atoms with E-state index >= 15 is 0 Å². The van der Waals surface area contributed by atoms with E-state index in [-0.39, 0.29) is 24.8 Å². The fraction of sp³-hybridized carbons (Fsp3) is 0.417. The first-order chi connectivity index (χ1) is 24.2. The fourth-order valence-electron chi connectivity index (χ4n) is 10.9. The van der Waals surface area contributed by atoms with E-state index in [1.807, 2.05) is 11.1 Å². The molecule has 51 heavy (non-hydrogen) atoms. The average molecular weight is 793 g/mol. The van der Waals surface area contributed by atoms with Crippen LogP contribution in [0.4, 0.5) is 0 Å². The standard InChI is InChI=1S/2C23H25.C2H4.2ClH.Zr/c2*1-2-17-11-13-19(14-12-17)22-10-6-9-20-15-21(16-23(20)22)18-7-4-3-5-8-18;1-2;;;/h2*6,9-16,18H,2-5,7-8H2,1H3;1-2H2;2*1H;/q;;;;;+2/p-2. The second-order valence-electron chi connectivity index (χ2n) is 16.3. The zero-order chi connectivity index (χ0) is 33.0. The van der Waals surface area contributed by atoms with Crippen LogP contribution in [-0.4, -0.2) is 0 Å². The number of benzene rings is 4. The van der Waals surface area contributed by atoms with Crippen molar-refractivity contribution in [3.8, 4) is 22.3 Å². The summed E-state index contributed by atoms with van der Waals surface area (Å²) in [5.74, 6) is 1.56. The Bertz CT molecular complexity index is 1760. The van der Waals surface area contributed by atoms with Crippen LogP contribution in [0.2, 0.25) is 8.26 Å². The van der Waals surface area contributed by atoms with Crippen LogP contribution in [0.25, 0.3) is 34.4 Å². The summed E-state index contributed by atoms with van der Waals surface area (Å²) < 4.78 is 4.58. The summed E-state index contributed by atoms with van der Waals surface area (Å²) in [5, 5.41) is 0. The minimum absolute atomic E-state index is 0. The first-order valence-electron chi connectivity index (χ1n) is 20.1. The molecule has 0 nitrogen and oxygen atoms in total. The molecule has 0 amide bonds. The zero-order valence-corrected chi connectivity index (χ0v) is 34.7. The topological polar surface area (TPSA) is 0 Å². The Kier molecular flexibility index (Phi) is 11.4. The van der Waals surface area contributed by atoms with Gasteiger partial charge in [0.2, 0.25) is 0 Å². The molecule has 1 aliphatic heterocycles. The molecule has 1 heterocycles. The van der Waals surface area contributed by atoms with Gasteiger partial charge in [0.15, 0.2) is 0 Å². The molecular formula is C48H54Cl2Zr. The maximum absolute atomic E-state index is 2.86. The molecule has 4 aromatic carbocycles. The van der Waals surface area contributed by atoms with Crippen LogP contribution in [0.3, 0.4) is 0 Å². The smallest absolute Gasteiger partial charge is 1.00 e. The van der Waals surface area contributed by atoms with Gasteiger partial charge in [-0.1, -0.05) is 0 Å². The van der Waals surface area contributed by atoms with Crippen LogP contribution in [0.5, 0.6) is 0 Å². The van der Waals surface area contributed by atoms with Crippen molar-refractivity contribution >= 4 is 12.2 Å². The minimum Gasteiger partial charge on any atom is -1.00 e. The molecule has 5 aliphatic rings. The van der Waals surface area contributed by atoms with Crippen molar-refractivity contribution < 1.29 is 45.1 Å².